The summed E-state index contributed by atoms with van der Waals surface area (Å²) in [5.74, 6) is 0. The van der Waals surface area contributed by atoms with Crippen molar-refractivity contribution in [1.29, 1.82) is 0 Å². The molecule has 3 N–H and O–H groups in total. The van der Waals surface area contributed by atoms with Crippen LogP contribution >= 0.6 is 0 Å². The van der Waals surface area contributed by atoms with Crippen molar-refractivity contribution in [2.24, 2.45) is 0 Å². The van der Waals surface area contributed by atoms with Crippen LogP contribution in [0.1, 0.15) is 19.8 Å². The van der Waals surface area contributed by atoms with Crippen LogP contribution in [0, 0.1) is 0 Å². The Morgan fingerprint density at radius 1 is 1.47 bits per heavy atom. The first kappa shape index (κ1) is 13.5. The third-order valence-corrected chi connectivity index (χ3v) is 2.26. The number of hydrogen-bond donors (Lipinski definition) is 3. The molecule has 6 nitrogen and oxygen atoms in total. The maximum absolute atomic E-state index is 11.3. The van der Waals surface area contributed by atoms with Gasteiger partial charge in [-0.05, 0) is 25.8 Å². The zero-order valence-electron chi connectivity index (χ0n) is 10.1. The molecule has 6 heteroatoms. The Labute approximate surface area is 101 Å². The standard InChI is InChI=1S/C11H20N4O2/c1-10(16)4-7-13-11(17)12-5-2-8-15-9-3-6-14-15/h3,6,9-10,16H,2,4-5,7-8H2,1H3,(H2,12,13,17). The topological polar surface area (TPSA) is 79.2 Å². The normalized spacial score (nSPS) is 12.1. The Balaban J connectivity index is 1.97. The minimum atomic E-state index is -0.380. The molecule has 1 unspecified atom stereocenters. The smallest absolute Gasteiger partial charge is 0.314 e. The summed E-state index contributed by atoms with van der Waals surface area (Å²) in [6.45, 7) is 3.59. The van der Waals surface area contributed by atoms with E-state index < -0.39 is 0 Å². The van der Waals surface area contributed by atoms with Gasteiger partial charge in [0.05, 0.1) is 6.10 Å². The summed E-state index contributed by atoms with van der Waals surface area (Å²) in [6.07, 6.45) is 4.65. The molecule has 0 saturated heterocycles. The average molecular weight is 240 g/mol. The molecule has 0 radical (unpaired) electrons. The first-order chi connectivity index (χ1) is 8.18. The van der Waals surface area contributed by atoms with E-state index in [0.717, 1.165) is 13.0 Å². The van der Waals surface area contributed by atoms with Gasteiger partial charge in [-0.1, -0.05) is 0 Å². The second-order valence-corrected chi connectivity index (χ2v) is 3.94. The number of aryl methyl sites for hydroxylation is 1. The molecule has 1 heterocycles. The summed E-state index contributed by atoms with van der Waals surface area (Å²) in [5.41, 5.74) is 0. The van der Waals surface area contributed by atoms with Crippen molar-refractivity contribution >= 4 is 6.03 Å². The van der Waals surface area contributed by atoms with Gasteiger partial charge >= 0.3 is 6.03 Å². The van der Waals surface area contributed by atoms with Gasteiger partial charge in [-0.15, -0.1) is 0 Å². The number of aromatic nitrogens is 2. The van der Waals surface area contributed by atoms with Crippen molar-refractivity contribution in [1.82, 2.24) is 20.4 Å². The predicted octanol–water partition coefficient (Wildman–Crippen LogP) is 0.343. The molecule has 2 amide bonds. The summed E-state index contributed by atoms with van der Waals surface area (Å²) in [5, 5.41) is 18.5. The van der Waals surface area contributed by atoms with Gasteiger partial charge in [-0.2, -0.15) is 5.10 Å². The molecule has 0 bridgehead atoms. The SMILES string of the molecule is CC(O)CCNC(=O)NCCCn1cccn1. The minimum Gasteiger partial charge on any atom is -0.393 e. The molecular formula is C11H20N4O2. The molecule has 1 aromatic heterocycles. The molecule has 0 aliphatic heterocycles. The summed E-state index contributed by atoms with van der Waals surface area (Å²) in [7, 11) is 0. The Kier molecular flexibility index (Phi) is 6.09. The highest BCUT2D eigenvalue weighted by Crippen LogP contribution is 1.88. The van der Waals surface area contributed by atoms with Crippen LogP contribution in [0.2, 0.25) is 0 Å². The highest BCUT2D eigenvalue weighted by molar-refractivity contribution is 5.73. The number of urea groups is 1. The molecule has 0 aliphatic rings. The second-order valence-electron chi connectivity index (χ2n) is 3.94. The lowest BCUT2D eigenvalue weighted by molar-refractivity contribution is 0.183. The van der Waals surface area contributed by atoms with Crippen LogP contribution in [-0.4, -0.2) is 40.1 Å². The van der Waals surface area contributed by atoms with Crippen molar-refractivity contribution in [3.05, 3.63) is 18.5 Å². The van der Waals surface area contributed by atoms with E-state index in [1.54, 1.807) is 13.1 Å². The molecule has 0 fully saturated rings. The number of aliphatic hydroxyl groups is 1. The largest absolute Gasteiger partial charge is 0.393 e. The minimum absolute atomic E-state index is 0.189. The fourth-order valence-corrected chi connectivity index (χ4v) is 1.33. The van der Waals surface area contributed by atoms with Gasteiger partial charge in [0.15, 0.2) is 0 Å². The van der Waals surface area contributed by atoms with E-state index in [4.69, 9.17) is 5.11 Å². The lowest BCUT2D eigenvalue weighted by Crippen LogP contribution is -2.37. The summed E-state index contributed by atoms with van der Waals surface area (Å²) in [4.78, 5) is 11.3. The van der Waals surface area contributed by atoms with Crippen molar-refractivity contribution < 1.29 is 9.90 Å². The third kappa shape index (κ3) is 6.57. The number of carbonyl (C=O) groups is 1. The van der Waals surface area contributed by atoms with E-state index in [9.17, 15) is 4.79 Å². The number of nitrogens with one attached hydrogen (secondary N) is 2. The zero-order valence-corrected chi connectivity index (χ0v) is 10.1. The van der Waals surface area contributed by atoms with Gasteiger partial charge in [0, 0.05) is 32.0 Å². The van der Waals surface area contributed by atoms with Crippen LogP contribution in [0.15, 0.2) is 18.5 Å². The number of nitrogens with zero attached hydrogens (tertiary/aromatic N) is 2. The lowest BCUT2D eigenvalue weighted by Gasteiger charge is -2.08. The highest BCUT2D eigenvalue weighted by Gasteiger charge is 2.00. The van der Waals surface area contributed by atoms with Crippen LogP contribution < -0.4 is 10.6 Å². The van der Waals surface area contributed by atoms with E-state index in [-0.39, 0.29) is 12.1 Å². The molecule has 96 valence electrons. The zero-order chi connectivity index (χ0) is 12.5. The van der Waals surface area contributed by atoms with Crippen molar-refractivity contribution in [2.75, 3.05) is 13.1 Å². The predicted molar refractivity (Wildman–Crippen MR) is 64.5 cm³/mol. The van der Waals surface area contributed by atoms with Gasteiger partial charge in [-0.3, -0.25) is 4.68 Å². The highest BCUT2D eigenvalue weighted by atomic mass is 16.3. The summed E-state index contributed by atoms with van der Waals surface area (Å²) >= 11 is 0. The van der Waals surface area contributed by atoms with Gasteiger partial charge in [0.1, 0.15) is 0 Å². The fourth-order valence-electron chi connectivity index (χ4n) is 1.33. The van der Waals surface area contributed by atoms with Crippen LogP contribution in [0.4, 0.5) is 4.79 Å². The molecule has 17 heavy (non-hydrogen) atoms. The number of rotatable bonds is 7. The number of carbonyl (C=O) groups excluding carboxylic acids is 1. The molecule has 1 aromatic rings. The number of aliphatic hydroxyl groups excluding tert-OH is 1. The van der Waals surface area contributed by atoms with Gasteiger partial charge in [0.2, 0.25) is 0 Å². The quantitative estimate of drug-likeness (QED) is 0.601. The monoisotopic (exact) mass is 240 g/mol. The Bertz CT molecular complexity index is 311. The molecular weight excluding hydrogens is 220 g/mol. The Morgan fingerprint density at radius 2 is 2.24 bits per heavy atom. The van der Waals surface area contributed by atoms with E-state index in [1.807, 2.05) is 16.9 Å². The Hall–Kier alpha value is -1.56. The first-order valence-corrected chi connectivity index (χ1v) is 5.85. The maximum atomic E-state index is 11.3. The Morgan fingerprint density at radius 3 is 2.88 bits per heavy atom. The van der Waals surface area contributed by atoms with Gasteiger partial charge in [-0.25, -0.2) is 4.79 Å². The van der Waals surface area contributed by atoms with E-state index in [0.29, 0.717) is 19.5 Å². The molecule has 0 spiro atoms. The molecule has 0 aliphatic carbocycles. The van der Waals surface area contributed by atoms with Gasteiger partial charge in [0.25, 0.3) is 0 Å². The molecule has 1 atom stereocenters. The van der Waals surface area contributed by atoms with E-state index in [2.05, 4.69) is 15.7 Å². The second kappa shape index (κ2) is 7.67. The van der Waals surface area contributed by atoms with E-state index in [1.165, 1.54) is 0 Å². The third-order valence-electron chi connectivity index (χ3n) is 2.26. The van der Waals surface area contributed by atoms with E-state index >= 15 is 0 Å². The molecule has 1 rings (SSSR count). The molecule has 0 aromatic carbocycles. The first-order valence-electron chi connectivity index (χ1n) is 5.85. The molecule has 0 saturated carbocycles. The van der Waals surface area contributed by atoms with Crippen LogP contribution in [0.5, 0.6) is 0 Å². The fraction of sp³-hybridized carbons (Fsp3) is 0.636. The lowest BCUT2D eigenvalue weighted by atomic mass is 10.3. The van der Waals surface area contributed by atoms with Crippen LogP contribution in [0.3, 0.4) is 0 Å². The maximum Gasteiger partial charge on any atom is 0.314 e. The summed E-state index contributed by atoms with van der Waals surface area (Å²) in [6, 6.07) is 1.68. The summed E-state index contributed by atoms with van der Waals surface area (Å²) < 4.78 is 1.83. The van der Waals surface area contributed by atoms with Crippen molar-refractivity contribution in [3.63, 3.8) is 0 Å². The van der Waals surface area contributed by atoms with Crippen LogP contribution in [-0.2, 0) is 6.54 Å². The van der Waals surface area contributed by atoms with Crippen molar-refractivity contribution in [3.8, 4) is 0 Å². The van der Waals surface area contributed by atoms with Crippen LogP contribution in [0.25, 0.3) is 0 Å². The van der Waals surface area contributed by atoms with Gasteiger partial charge < -0.3 is 15.7 Å². The van der Waals surface area contributed by atoms with Crippen molar-refractivity contribution in [2.45, 2.75) is 32.4 Å². The number of amides is 2. The number of hydrogen-bond acceptors (Lipinski definition) is 3. The average Bonchev–Trinajstić information content (AvgIpc) is 2.76.